The summed E-state index contributed by atoms with van der Waals surface area (Å²) in [6.45, 7) is 1.70. The second kappa shape index (κ2) is 10.3. The highest BCUT2D eigenvalue weighted by atomic mass is 19.4. The SMILES string of the molecule is COc1ccc(C(C)OC(=O)Nc2ccc(-c3ncn(-c4ccc(OC(F)(F)F)cc4)n3)cc2)nc1. The summed E-state index contributed by atoms with van der Waals surface area (Å²) < 4.78 is 52.7. The van der Waals surface area contributed by atoms with Crippen LogP contribution in [0.15, 0.2) is 73.2 Å². The van der Waals surface area contributed by atoms with E-state index >= 15 is 0 Å². The number of carbonyl (C=O) groups is 1. The van der Waals surface area contributed by atoms with Gasteiger partial charge in [0.1, 0.15) is 23.9 Å². The minimum Gasteiger partial charge on any atom is -0.495 e. The molecule has 0 aliphatic rings. The number of amides is 1. The molecule has 0 spiro atoms. The molecule has 1 N–H and O–H groups in total. The van der Waals surface area contributed by atoms with Crippen molar-refractivity contribution in [2.24, 2.45) is 0 Å². The van der Waals surface area contributed by atoms with Gasteiger partial charge in [-0.25, -0.2) is 14.5 Å². The highest BCUT2D eigenvalue weighted by Gasteiger charge is 2.31. The first-order chi connectivity index (χ1) is 17.2. The van der Waals surface area contributed by atoms with Crippen molar-refractivity contribution in [3.05, 3.63) is 78.9 Å². The van der Waals surface area contributed by atoms with Crippen LogP contribution in [0.1, 0.15) is 18.7 Å². The Balaban J connectivity index is 1.35. The van der Waals surface area contributed by atoms with Crippen LogP contribution in [0.5, 0.6) is 11.5 Å². The number of ether oxygens (including phenoxy) is 3. The van der Waals surface area contributed by atoms with Crippen LogP contribution in [0, 0.1) is 0 Å². The highest BCUT2D eigenvalue weighted by molar-refractivity contribution is 5.85. The van der Waals surface area contributed by atoms with Gasteiger partial charge in [0.25, 0.3) is 0 Å². The van der Waals surface area contributed by atoms with Gasteiger partial charge in [-0.15, -0.1) is 18.3 Å². The fourth-order valence-corrected chi connectivity index (χ4v) is 3.14. The molecule has 2 aromatic carbocycles. The minimum atomic E-state index is -4.76. The van der Waals surface area contributed by atoms with Gasteiger partial charge in [0.05, 0.1) is 24.7 Å². The quantitative estimate of drug-likeness (QED) is 0.356. The molecule has 0 aliphatic heterocycles. The summed E-state index contributed by atoms with van der Waals surface area (Å²) in [7, 11) is 1.54. The van der Waals surface area contributed by atoms with Crippen LogP contribution in [0.25, 0.3) is 17.1 Å². The van der Waals surface area contributed by atoms with Crippen LogP contribution in [-0.4, -0.2) is 39.3 Å². The lowest BCUT2D eigenvalue weighted by Gasteiger charge is -2.14. The molecule has 0 fully saturated rings. The molecule has 12 heteroatoms. The molecule has 0 bridgehead atoms. The predicted molar refractivity (Wildman–Crippen MR) is 123 cm³/mol. The molecule has 1 amide bonds. The number of nitrogens with zero attached hydrogens (tertiary/aromatic N) is 4. The number of rotatable bonds is 7. The minimum absolute atomic E-state index is 0.331. The number of hydrogen-bond acceptors (Lipinski definition) is 7. The Kier molecular flexibility index (Phi) is 7.04. The molecule has 1 unspecified atom stereocenters. The zero-order chi connectivity index (χ0) is 25.7. The summed E-state index contributed by atoms with van der Waals surface area (Å²) in [5.41, 5.74) is 2.24. The van der Waals surface area contributed by atoms with Crippen molar-refractivity contribution < 1.29 is 32.2 Å². The molecule has 0 saturated heterocycles. The number of methoxy groups -OCH3 is 1. The summed E-state index contributed by atoms with van der Waals surface area (Å²) >= 11 is 0. The maximum Gasteiger partial charge on any atom is 0.573 e. The molecule has 9 nitrogen and oxygen atoms in total. The van der Waals surface area contributed by atoms with E-state index in [1.54, 1.807) is 49.5 Å². The van der Waals surface area contributed by atoms with Crippen LogP contribution in [0.2, 0.25) is 0 Å². The van der Waals surface area contributed by atoms with Crippen LogP contribution in [0.3, 0.4) is 0 Å². The third kappa shape index (κ3) is 6.29. The van der Waals surface area contributed by atoms with Crippen molar-refractivity contribution in [2.75, 3.05) is 12.4 Å². The molecular weight excluding hydrogens is 479 g/mol. The Hall–Kier alpha value is -4.61. The number of halogens is 3. The Labute approximate surface area is 203 Å². The number of alkyl halides is 3. The Bertz CT molecular complexity index is 1310. The summed E-state index contributed by atoms with van der Waals surface area (Å²) in [5.74, 6) is 0.657. The molecule has 2 heterocycles. The molecular formula is C24H20F3N5O4. The van der Waals surface area contributed by atoms with E-state index in [4.69, 9.17) is 9.47 Å². The molecule has 0 aliphatic carbocycles. The fourth-order valence-electron chi connectivity index (χ4n) is 3.14. The number of nitrogens with one attached hydrogen (secondary N) is 1. The number of pyridine rings is 1. The van der Waals surface area contributed by atoms with Crippen LogP contribution < -0.4 is 14.8 Å². The highest BCUT2D eigenvalue weighted by Crippen LogP contribution is 2.24. The standard InChI is InChI=1S/C24H20F3N5O4/c1-15(21-12-11-20(34-2)13-28-21)35-23(33)30-17-5-3-16(4-6-17)22-29-14-32(31-22)18-7-9-19(10-8-18)36-24(25,26)27/h3-15H,1-2H3,(H,30,33). The first-order valence-corrected chi connectivity index (χ1v) is 10.6. The predicted octanol–water partition coefficient (Wildman–Crippen LogP) is 5.55. The third-order valence-corrected chi connectivity index (χ3v) is 4.91. The van der Waals surface area contributed by atoms with Gasteiger partial charge in [0.15, 0.2) is 5.82 Å². The maximum atomic E-state index is 12.3. The van der Waals surface area contributed by atoms with E-state index in [9.17, 15) is 18.0 Å². The number of carbonyl (C=O) groups excluding carboxylic acids is 1. The average molecular weight is 499 g/mol. The average Bonchev–Trinajstić information content (AvgIpc) is 3.34. The van der Waals surface area contributed by atoms with Crippen molar-refractivity contribution in [3.8, 4) is 28.6 Å². The van der Waals surface area contributed by atoms with E-state index in [-0.39, 0.29) is 5.75 Å². The summed E-state index contributed by atoms with van der Waals surface area (Å²) in [6, 6.07) is 15.4. The van der Waals surface area contributed by atoms with Crippen molar-refractivity contribution in [1.29, 1.82) is 0 Å². The molecule has 2 aromatic heterocycles. The first kappa shape index (κ1) is 24.5. The van der Waals surface area contributed by atoms with Crippen molar-refractivity contribution in [2.45, 2.75) is 19.4 Å². The monoisotopic (exact) mass is 499 g/mol. The van der Waals surface area contributed by atoms with Crippen molar-refractivity contribution in [3.63, 3.8) is 0 Å². The third-order valence-electron chi connectivity index (χ3n) is 4.91. The lowest BCUT2D eigenvalue weighted by molar-refractivity contribution is -0.274. The topological polar surface area (TPSA) is 100 Å². The van der Waals surface area contributed by atoms with Gasteiger partial charge < -0.3 is 14.2 Å². The lowest BCUT2D eigenvalue weighted by Crippen LogP contribution is -2.17. The largest absolute Gasteiger partial charge is 0.573 e. The number of benzene rings is 2. The van der Waals surface area contributed by atoms with E-state index in [1.807, 2.05) is 0 Å². The van der Waals surface area contributed by atoms with Gasteiger partial charge >= 0.3 is 12.5 Å². The molecule has 0 saturated carbocycles. The van der Waals surface area contributed by atoms with E-state index in [2.05, 4.69) is 25.1 Å². The van der Waals surface area contributed by atoms with Gasteiger partial charge in [-0.05, 0) is 67.6 Å². The van der Waals surface area contributed by atoms with Gasteiger partial charge in [-0.3, -0.25) is 10.3 Å². The van der Waals surface area contributed by atoms with Crippen LogP contribution >= 0.6 is 0 Å². The van der Waals surface area contributed by atoms with Crippen molar-refractivity contribution in [1.82, 2.24) is 19.7 Å². The molecule has 4 aromatic rings. The Morgan fingerprint density at radius 2 is 1.67 bits per heavy atom. The van der Waals surface area contributed by atoms with E-state index in [1.165, 1.54) is 42.4 Å². The normalized spacial score (nSPS) is 12.0. The fraction of sp³-hybridized carbons (Fsp3) is 0.167. The molecule has 36 heavy (non-hydrogen) atoms. The van der Waals surface area contributed by atoms with E-state index < -0.39 is 18.6 Å². The zero-order valence-electron chi connectivity index (χ0n) is 19.1. The van der Waals surface area contributed by atoms with Gasteiger partial charge in [0, 0.05) is 11.3 Å². The number of aromatic nitrogens is 4. The van der Waals surface area contributed by atoms with Crippen LogP contribution in [-0.2, 0) is 4.74 Å². The van der Waals surface area contributed by atoms with Gasteiger partial charge in [-0.1, -0.05) is 0 Å². The summed E-state index contributed by atoms with van der Waals surface area (Å²) in [6.07, 6.45) is -3.00. The molecule has 0 radical (unpaired) electrons. The number of anilines is 1. The second-order valence-electron chi connectivity index (χ2n) is 7.43. The van der Waals surface area contributed by atoms with Gasteiger partial charge in [-0.2, -0.15) is 0 Å². The summed E-state index contributed by atoms with van der Waals surface area (Å²) in [4.78, 5) is 20.7. The Morgan fingerprint density at radius 3 is 2.28 bits per heavy atom. The molecule has 186 valence electrons. The molecule has 4 rings (SSSR count). The summed E-state index contributed by atoms with van der Waals surface area (Å²) in [5, 5.41) is 6.99. The van der Waals surface area contributed by atoms with E-state index in [0.29, 0.717) is 34.2 Å². The van der Waals surface area contributed by atoms with Crippen LogP contribution in [0.4, 0.5) is 23.7 Å². The first-order valence-electron chi connectivity index (χ1n) is 10.6. The van der Waals surface area contributed by atoms with Crippen molar-refractivity contribution >= 4 is 11.8 Å². The smallest absolute Gasteiger partial charge is 0.495 e. The number of hydrogen-bond donors (Lipinski definition) is 1. The lowest BCUT2D eigenvalue weighted by atomic mass is 10.2. The second-order valence-corrected chi connectivity index (χ2v) is 7.43. The van der Waals surface area contributed by atoms with E-state index in [0.717, 1.165) is 0 Å². The molecule has 1 atom stereocenters. The van der Waals surface area contributed by atoms with Gasteiger partial charge in [0.2, 0.25) is 0 Å². The maximum absolute atomic E-state index is 12.3. The zero-order valence-corrected chi connectivity index (χ0v) is 19.1. The Morgan fingerprint density at radius 1 is 0.972 bits per heavy atom.